The number of pyridine rings is 1. The van der Waals surface area contributed by atoms with Crippen LogP contribution in [0.1, 0.15) is 21.5 Å². The summed E-state index contributed by atoms with van der Waals surface area (Å²) in [5.41, 5.74) is 3.87. The Balaban J connectivity index is 2.22. The van der Waals surface area contributed by atoms with Crippen molar-refractivity contribution in [3.05, 3.63) is 41.6 Å². The maximum absolute atomic E-state index is 12.2. The standard InChI is InChI=1S/C14H14N4O2/c1-20-14(19)12-11-2-3-15-4-9(11)7-18-13(12)10-5-16-8-17-6-10/h5-8,15H,2-4H2,1H3. The van der Waals surface area contributed by atoms with Gasteiger partial charge in [-0.25, -0.2) is 14.8 Å². The van der Waals surface area contributed by atoms with Gasteiger partial charge in [0, 0.05) is 30.7 Å². The Bertz CT molecular complexity index is 643. The number of carbonyl (C=O) groups excluding carboxylic acids is 1. The first-order chi connectivity index (χ1) is 9.81. The van der Waals surface area contributed by atoms with Crippen molar-refractivity contribution in [2.24, 2.45) is 0 Å². The number of fused-ring (bicyclic) bond motifs is 1. The van der Waals surface area contributed by atoms with Crippen molar-refractivity contribution in [1.82, 2.24) is 20.3 Å². The van der Waals surface area contributed by atoms with Gasteiger partial charge >= 0.3 is 5.97 Å². The predicted octanol–water partition coefficient (Wildman–Crippen LogP) is 0.971. The molecule has 2 aromatic rings. The van der Waals surface area contributed by atoms with Gasteiger partial charge in [-0.1, -0.05) is 0 Å². The molecular weight excluding hydrogens is 256 g/mol. The zero-order valence-electron chi connectivity index (χ0n) is 11.1. The molecule has 0 radical (unpaired) electrons. The van der Waals surface area contributed by atoms with Gasteiger partial charge in [0.1, 0.15) is 6.33 Å². The predicted molar refractivity (Wildman–Crippen MR) is 72.0 cm³/mol. The molecule has 0 amide bonds. The van der Waals surface area contributed by atoms with Gasteiger partial charge in [-0.05, 0) is 24.1 Å². The molecule has 1 aliphatic heterocycles. The second-order valence-corrected chi connectivity index (χ2v) is 4.53. The van der Waals surface area contributed by atoms with Crippen LogP contribution in [-0.2, 0) is 17.7 Å². The van der Waals surface area contributed by atoms with Gasteiger partial charge in [0.15, 0.2) is 0 Å². The maximum atomic E-state index is 12.2. The molecule has 0 aromatic carbocycles. The van der Waals surface area contributed by atoms with E-state index in [1.165, 1.54) is 13.4 Å². The summed E-state index contributed by atoms with van der Waals surface area (Å²) in [5.74, 6) is -0.366. The summed E-state index contributed by atoms with van der Waals surface area (Å²) in [6, 6.07) is 0. The average Bonchev–Trinajstić information content (AvgIpc) is 2.54. The van der Waals surface area contributed by atoms with E-state index in [-0.39, 0.29) is 5.97 Å². The first kappa shape index (κ1) is 12.7. The monoisotopic (exact) mass is 270 g/mol. The summed E-state index contributed by atoms with van der Waals surface area (Å²) in [4.78, 5) is 24.5. The zero-order valence-corrected chi connectivity index (χ0v) is 11.1. The molecule has 0 spiro atoms. The highest BCUT2D eigenvalue weighted by Gasteiger charge is 2.24. The normalized spacial score (nSPS) is 13.7. The van der Waals surface area contributed by atoms with Crippen molar-refractivity contribution in [1.29, 1.82) is 0 Å². The number of nitrogens with one attached hydrogen (secondary N) is 1. The lowest BCUT2D eigenvalue weighted by molar-refractivity contribution is 0.0599. The van der Waals surface area contributed by atoms with Crippen LogP contribution in [0.5, 0.6) is 0 Å². The fourth-order valence-corrected chi connectivity index (χ4v) is 2.42. The minimum Gasteiger partial charge on any atom is -0.465 e. The van der Waals surface area contributed by atoms with Crippen LogP contribution in [0, 0.1) is 0 Å². The highest BCUT2D eigenvalue weighted by molar-refractivity contribution is 5.98. The van der Waals surface area contributed by atoms with Crippen molar-refractivity contribution in [2.45, 2.75) is 13.0 Å². The van der Waals surface area contributed by atoms with E-state index in [0.29, 0.717) is 16.8 Å². The smallest absolute Gasteiger partial charge is 0.340 e. The van der Waals surface area contributed by atoms with Crippen LogP contribution in [-0.4, -0.2) is 34.6 Å². The van der Waals surface area contributed by atoms with Gasteiger partial charge in [0.2, 0.25) is 0 Å². The van der Waals surface area contributed by atoms with Crippen LogP contribution in [0.3, 0.4) is 0 Å². The van der Waals surface area contributed by atoms with Crippen molar-refractivity contribution in [3.63, 3.8) is 0 Å². The van der Waals surface area contributed by atoms with Gasteiger partial charge in [0.05, 0.1) is 18.4 Å². The van der Waals surface area contributed by atoms with Gasteiger partial charge in [-0.2, -0.15) is 0 Å². The van der Waals surface area contributed by atoms with Crippen LogP contribution < -0.4 is 5.32 Å². The van der Waals surface area contributed by atoms with Gasteiger partial charge < -0.3 is 10.1 Å². The molecule has 0 saturated heterocycles. The third-order valence-electron chi connectivity index (χ3n) is 3.37. The molecule has 1 aliphatic rings. The number of rotatable bonds is 2. The lowest BCUT2D eigenvalue weighted by atomic mass is 9.94. The van der Waals surface area contributed by atoms with E-state index in [1.807, 2.05) is 0 Å². The fourth-order valence-electron chi connectivity index (χ4n) is 2.42. The molecule has 0 fully saturated rings. The lowest BCUT2D eigenvalue weighted by Crippen LogP contribution is -2.26. The van der Waals surface area contributed by atoms with E-state index in [4.69, 9.17) is 4.74 Å². The van der Waals surface area contributed by atoms with E-state index in [0.717, 1.165) is 30.6 Å². The number of hydrogen-bond acceptors (Lipinski definition) is 6. The molecule has 6 nitrogen and oxygen atoms in total. The second kappa shape index (κ2) is 5.34. The quantitative estimate of drug-likeness (QED) is 0.819. The summed E-state index contributed by atoms with van der Waals surface area (Å²) in [6.45, 7) is 1.56. The minimum absolute atomic E-state index is 0.366. The van der Waals surface area contributed by atoms with E-state index < -0.39 is 0 Å². The number of methoxy groups -OCH3 is 1. The molecule has 3 heterocycles. The third kappa shape index (κ3) is 2.14. The lowest BCUT2D eigenvalue weighted by Gasteiger charge is -2.21. The largest absolute Gasteiger partial charge is 0.465 e. The van der Waals surface area contributed by atoms with Crippen molar-refractivity contribution < 1.29 is 9.53 Å². The van der Waals surface area contributed by atoms with Crippen molar-refractivity contribution in [3.8, 4) is 11.3 Å². The van der Waals surface area contributed by atoms with Gasteiger partial charge in [-0.15, -0.1) is 0 Å². The molecule has 0 unspecified atom stereocenters. The Morgan fingerprint density at radius 1 is 1.30 bits per heavy atom. The molecule has 0 atom stereocenters. The molecule has 102 valence electrons. The maximum Gasteiger partial charge on any atom is 0.340 e. The summed E-state index contributed by atoms with van der Waals surface area (Å²) in [5, 5.41) is 3.27. The molecule has 3 rings (SSSR count). The topological polar surface area (TPSA) is 77.0 Å². The number of nitrogens with zero attached hydrogens (tertiary/aromatic N) is 3. The minimum atomic E-state index is -0.366. The first-order valence-corrected chi connectivity index (χ1v) is 6.36. The number of ether oxygens (including phenoxy) is 1. The molecule has 1 N–H and O–H groups in total. The summed E-state index contributed by atoms with van der Waals surface area (Å²) in [7, 11) is 1.38. The van der Waals surface area contributed by atoms with Crippen LogP contribution in [0.4, 0.5) is 0 Å². The number of esters is 1. The van der Waals surface area contributed by atoms with E-state index in [9.17, 15) is 4.79 Å². The Kier molecular flexibility index (Phi) is 3.39. The Labute approximate surface area is 116 Å². The SMILES string of the molecule is COC(=O)c1c(-c2cncnc2)ncc2c1CCNC2. The number of hydrogen-bond donors (Lipinski definition) is 1. The van der Waals surface area contributed by atoms with Gasteiger partial charge in [-0.3, -0.25) is 4.98 Å². The number of carbonyl (C=O) groups is 1. The van der Waals surface area contributed by atoms with Crippen LogP contribution in [0.15, 0.2) is 24.9 Å². The van der Waals surface area contributed by atoms with Crippen molar-refractivity contribution in [2.75, 3.05) is 13.7 Å². The summed E-state index contributed by atoms with van der Waals surface area (Å²) in [6.07, 6.45) is 7.33. The van der Waals surface area contributed by atoms with Crippen molar-refractivity contribution >= 4 is 5.97 Å². The molecule has 0 bridgehead atoms. The van der Waals surface area contributed by atoms with E-state index in [1.54, 1.807) is 18.6 Å². The fraction of sp³-hybridized carbons (Fsp3) is 0.286. The number of aromatic nitrogens is 3. The second-order valence-electron chi connectivity index (χ2n) is 4.53. The van der Waals surface area contributed by atoms with E-state index in [2.05, 4.69) is 20.3 Å². The van der Waals surface area contributed by atoms with Gasteiger partial charge in [0.25, 0.3) is 0 Å². The average molecular weight is 270 g/mol. The highest BCUT2D eigenvalue weighted by atomic mass is 16.5. The molecule has 6 heteroatoms. The van der Waals surface area contributed by atoms with Crippen LogP contribution in [0.2, 0.25) is 0 Å². The molecule has 2 aromatic heterocycles. The molecule has 0 aliphatic carbocycles. The Hall–Kier alpha value is -2.34. The molecule has 0 saturated carbocycles. The highest BCUT2D eigenvalue weighted by Crippen LogP contribution is 2.27. The molecular formula is C14H14N4O2. The van der Waals surface area contributed by atoms with E-state index >= 15 is 0 Å². The molecule has 20 heavy (non-hydrogen) atoms. The Morgan fingerprint density at radius 3 is 2.85 bits per heavy atom. The van der Waals surface area contributed by atoms with Crippen LogP contribution >= 0.6 is 0 Å². The third-order valence-corrected chi connectivity index (χ3v) is 3.37. The first-order valence-electron chi connectivity index (χ1n) is 6.36. The zero-order chi connectivity index (χ0) is 13.9. The van der Waals surface area contributed by atoms with Crippen LogP contribution in [0.25, 0.3) is 11.3 Å². The summed E-state index contributed by atoms with van der Waals surface area (Å²) < 4.78 is 4.92. The Morgan fingerprint density at radius 2 is 2.10 bits per heavy atom. The summed E-state index contributed by atoms with van der Waals surface area (Å²) >= 11 is 0.